The molecule has 1 saturated heterocycles. The van der Waals surface area contributed by atoms with Crippen molar-refractivity contribution in [3.63, 3.8) is 0 Å². The zero-order valence-electron chi connectivity index (χ0n) is 21.8. The fourth-order valence-electron chi connectivity index (χ4n) is 4.56. The molecule has 41 heavy (non-hydrogen) atoms. The summed E-state index contributed by atoms with van der Waals surface area (Å²) in [7, 11) is 0. The van der Waals surface area contributed by atoms with Gasteiger partial charge in [-0.25, -0.2) is 4.79 Å². The van der Waals surface area contributed by atoms with Crippen LogP contribution in [0.25, 0.3) is 10.9 Å². The Morgan fingerprint density at radius 1 is 0.878 bits per heavy atom. The number of benzene rings is 3. The van der Waals surface area contributed by atoms with E-state index in [1.807, 2.05) is 18.2 Å². The number of halogens is 5. The number of fused-ring (bicyclic) bond motifs is 1. The van der Waals surface area contributed by atoms with Crippen molar-refractivity contribution in [2.24, 2.45) is 0 Å². The minimum Gasteiger partial charge on any atom is -0.461 e. The average molecular weight is 609 g/mol. The Morgan fingerprint density at radius 2 is 1.59 bits per heavy atom. The molecule has 2 heterocycles. The summed E-state index contributed by atoms with van der Waals surface area (Å²) in [6, 6.07) is 22.9. The molecule has 0 spiro atoms. The van der Waals surface area contributed by atoms with Crippen molar-refractivity contribution >= 4 is 58.7 Å². The molecule has 0 amide bonds. The molecular formula is C29H29Cl2F3N4O3. The first-order valence-electron chi connectivity index (χ1n) is 12.6. The summed E-state index contributed by atoms with van der Waals surface area (Å²) in [4.78, 5) is 21.7. The normalized spacial score (nSPS) is 13.6. The molecule has 7 nitrogen and oxygen atoms in total. The van der Waals surface area contributed by atoms with E-state index in [0.717, 1.165) is 26.2 Å². The number of anilines is 3. The van der Waals surface area contributed by atoms with Crippen molar-refractivity contribution in [3.8, 4) is 5.75 Å². The van der Waals surface area contributed by atoms with Gasteiger partial charge in [0.1, 0.15) is 12.4 Å². The molecule has 12 heteroatoms. The Kier molecular flexibility index (Phi) is 11.0. The molecule has 0 atom stereocenters. The first kappa shape index (κ1) is 31.8. The van der Waals surface area contributed by atoms with Gasteiger partial charge in [0.2, 0.25) is 0 Å². The first-order valence-corrected chi connectivity index (χ1v) is 12.6. The summed E-state index contributed by atoms with van der Waals surface area (Å²) in [6.45, 7) is 4.49. The maximum absolute atomic E-state index is 13.0. The van der Waals surface area contributed by atoms with Crippen LogP contribution in [-0.4, -0.2) is 61.5 Å². The van der Waals surface area contributed by atoms with Crippen LogP contribution in [0.1, 0.15) is 10.4 Å². The van der Waals surface area contributed by atoms with Crippen molar-refractivity contribution in [2.75, 3.05) is 49.5 Å². The lowest BCUT2D eigenvalue weighted by Gasteiger charge is -2.35. The number of ether oxygens (including phenoxy) is 2. The second-order valence-electron chi connectivity index (χ2n) is 9.06. The standard InChI is InChI=1S/C29H27F3N4O3.2ClH/c30-29(31,32)39-22-10-11-23-26(12-13-33-27(23)20-22)34-25-9-5-4-8-24(25)28(37)38-19-18-35-14-16-36(17-15-35)21-6-2-1-3-7-21;;/h1-13,20H,14-19H2,(H,33,34);2*1H. The highest BCUT2D eigenvalue weighted by Gasteiger charge is 2.31. The van der Waals surface area contributed by atoms with Gasteiger partial charge < -0.3 is 19.7 Å². The number of piperazine rings is 1. The highest BCUT2D eigenvalue weighted by Crippen LogP contribution is 2.31. The van der Waals surface area contributed by atoms with Crippen LogP contribution in [0, 0.1) is 0 Å². The molecular weight excluding hydrogens is 580 g/mol. The summed E-state index contributed by atoms with van der Waals surface area (Å²) in [5, 5.41) is 3.78. The molecule has 5 rings (SSSR count). The van der Waals surface area contributed by atoms with E-state index in [2.05, 4.69) is 37.0 Å². The minimum atomic E-state index is -4.79. The lowest BCUT2D eigenvalue weighted by atomic mass is 10.1. The largest absolute Gasteiger partial charge is 0.573 e. The van der Waals surface area contributed by atoms with Crippen LogP contribution in [-0.2, 0) is 4.74 Å². The van der Waals surface area contributed by atoms with Crippen molar-refractivity contribution < 1.29 is 27.4 Å². The molecule has 1 aliphatic heterocycles. The van der Waals surface area contributed by atoms with Crippen molar-refractivity contribution in [2.45, 2.75) is 6.36 Å². The fourth-order valence-corrected chi connectivity index (χ4v) is 4.56. The van der Waals surface area contributed by atoms with E-state index >= 15 is 0 Å². The van der Waals surface area contributed by atoms with Gasteiger partial charge in [0.15, 0.2) is 0 Å². The average Bonchev–Trinajstić information content (AvgIpc) is 2.93. The van der Waals surface area contributed by atoms with Crippen LogP contribution in [0.15, 0.2) is 85.1 Å². The number of para-hydroxylation sites is 2. The number of aromatic nitrogens is 1. The predicted molar refractivity (Wildman–Crippen MR) is 158 cm³/mol. The lowest BCUT2D eigenvalue weighted by molar-refractivity contribution is -0.274. The van der Waals surface area contributed by atoms with Gasteiger partial charge in [0.05, 0.1) is 16.8 Å². The van der Waals surface area contributed by atoms with E-state index in [1.165, 1.54) is 30.1 Å². The first-order chi connectivity index (χ1) is 18.9. The Bertz CT molecular complexity index is 1440. The quantitative estimate of drug-likeness (QED) is 0.223. The SMILES string of the molecule is Cl.Cl.O=C(OCCN1CCN(c2ccccc2)CC1)c1ccccc1Nc1ccnc2cc(OC(F)(F)F)ccc12. The molecule has 3 aromatic carbocycles. The van der Waals surface area contributed by atoms with Gasteiger partial charge in [0.25, 0.3) is 0 Å². The topological polar surface area (TPSA) is 66.9 Å². The molecule has 1 fully saturated rings. The summed E-state index contributed by atoms with van der Waals surface area (Å²) < 4.78 is 47.4. The van der Waals surface area contributed by atoms with E-state index in [-0.39, 0.29) is 37.2 Å². The number of carbonyl (C=O) groups excluding carboxylic acids is 1. The van der Waals surface area contributed by atoms with Crippen LogP contribution in [0.3, 0.4) is 0 Å². The lowest BCUT2D eigenvalue weighted by Crippen LogP contribution is -2.47. The number of nitrogens with one attached hydrogen (secondary N) is 1. The van der Waals surface area contributed by atoms with Gasteiger partial charge >= 0.3 is 12.3 Å². The van der Waals surface area contributed by atoms with Crippen LogP contribution in [0.5, 0.6) is 5.75 Å². The zero-order chi connectivity index (χ0) is 27.2. The van der Waals surface area contributed by atoms with Crippen LogP contribution in [0.4, 0.5) is 30.2 Å². The molecule has 1 aliphatic rings. The Labute approximate surface area is 248 Å². The fraction of sp³-hybridized carbons (Fsp3) is 0.241. The summed E-state index contributed by atoms with van der Waals surface area (Å²) in [5.41, 5.74) is 2.98. The van der Waals surface area contributed by atoms with Crippen LogP contribution in [0.2, 0.25) is 0 Å². The van der Waals surface area contributed by atoms with Gasteiger partial charge in [-0.15, -0.1) is 38.0 Å². The molecule has 0 bridgehead atoms. The third-order valence-electron chi connectivity index (χ3n) is 6.50. The zero-order valence-corrected chi connectivity index (χ0v) is 23.5. The third-order valence-corrected chi connectivity index (χ3v) is 6.50. The Balaban J connectivity index is 0.00000231. The van der Waals surface area contributed by atoms with E-state index < -0.39 is 12.3 Å². The monoisotopic (exact) mass is 608 g/mol. The van der Waals surface area contributed by atoms with Crippen molar-refractivity contribution in [1.29, 1.82) is 0 Å². The maximum Gasteiger partial charge on any atom is 0.573 e. The van der Waals surface area contributed by atoms with Gasteiger partial charge in [0, 0.05) is 61.7 Å². The van der Waals surface area contributed by atoms with E-state index in [9.17, 15) is 18.0 Å². The highest BCUT2D eigenvalue weighted by molar-refractivity contribution is 5.99. The van der Waals surface area contributed by atoms with Gasteiger partial charge in [-0.3, -0.25) is 9.88 Å². The summed E-state index contributed by atoms with van der Waals surface area (Å²) in [6.07, 6.45) is -3.32. The molecule has 0 saturated carbocycles. The minimum absolute atomic E-state index is 0. The number of rotatable bonds is 8. The van der Waals surface area contributed by atoms with E-state index in [1.54, 1.807) is 30.3 Å². The number of hydrogen-bond acceptors (Lipinski definition) is 7. The molecule has 1 N–H and O–H groups in total. The molecule has 0 aliphatic carbocycles. The number of hydrogen-bond donors (Lipinski definition) is 1. The molecule has 4 aromatic rings. The molecule has 1 aromatic heterocycles. The molecule has 0 radical (unpaired) electrons. The summed E-state index contributed by atoms with van der Waals surface area (Å²) >= 11 is 0. The van der Waals surface area contributed by atoms with Crippen molar-refractivity contribution in [1.82, 2.24) is 9.88 Å². The number of carbonyl (C=O) groups is 1. The van der Waals surface area contributed by atoms with E-state index in [0.29, 0.717) is 34.4 Å². The highest BCUT2D eigenvalue weighted by atomic mass is 35.5. The third kappa shape index (κ3) is 8.39. The number of alkyl halides is 3. The predicted octanol–water partition coefficient (Wildman–Crippen LogP) is 6.70. The maximum atomic E-state index is 13.0. The number of nitrogens with zero attached hydrogens (tertiary/aromatic N) is 3. The Hall–Kier alpha value is -3.73. The van der Waals surface area contributed by atoms with Crippen LogP contribution >= 0.6 is 24.8 Å². The Morgan fingerprint density at radius 3 is 2.32 bits per heavy atom. The van der Waals surface area contributed by atoms with Gasteiger partial charge in [-0.1, -0.05) is 30.3 Å². The number of esters is 1. The molecule has 218 valence electrons. The second kappa shape index (κ2) is 14.2. The van der Waals surface area contributed by atoms with Crippen LogP contribution < -0.4 is 15.0 Å². The molecule has 0 unspecified atom stereocenters. The second-order valence-corrected chi connectivity index (χ2v) is 9.06. The summed E-state index contributed by atoms with van der Waals surface area (Å²) in [5.74, 6) is -0.814. The smallest absolute Gasteiger partial charge is 0.461 e. The van der Waals surface area contributed by atoms with Gasteiger partial charge in [-0.05, 0) is 42.5 Å². The van der Waals surface area contributed by atoms with Gasteiger partial charge in [-0.2, -0.15) is 0 Å². The number of pyridine rings is 1. The van der Waals surface area contributed by atoms with Crippen molar-refractivity contribution in [3.05, 3.63) is 90.6 Å². The van der Waals surface area contributed by atoms with E-state index in [4.69, 9.17) is 4.74 Å².